The summed E-state index contributed by atoms with van der Waals surface area (Å²) < 4.78 is 4.22. The van der Waals surface area contributed by atoms with Crippen LogP contribution in [0.3, 0.4) is 0 Å². The van der Waals surface area contributed by atoms with Gasteiger partial charge in [0.1, 0.15) is 6.26 Å². The Morgan fingerprint density at radius 1 is 1.08 bits per heavy atom. The fourth-order valence-corrected chi connectivity index (χ4v) is 0.799. The molecule has 2 rings (SSSR count). The lowest BCUT2D eigenvalue weighted by Crippen LogP contribution is -1.74. The molecule has 1 aromatic carbocycles. The molecule has 0 radical (unpaired) electrons. The molecule has 3 nitrogen and oxygen atoms in total. The lowest BCUT2D eigenvalue weighted by molar-refractivity contribution is 0.393. The highest BCUT2D eigenvalue weighted by Gasteiger charge is 1.83. The molecule has 0 saturated heterocycles. The molecule has 13 heavy (non-hydrogen) atoms. The normalized spacial score (nSPS) is 8.77. The van der Waals surface area contributed by atoms with E-state index < -0.39 is 0 Å². The number of nitrogens with zero attached hydrogens (tertiary/aromatic N) is 2. The van der Waals surface area contributed by atoms with E-state index in [9.17, 15) is 0 Å². The number of aryl methyl sites for hydroxylation is 2. The van der Waals surface area contributed by atoms with Crippen LogP contribution in [0, 0.1) is 13.8 Å². The first-order chi connectivity index (χ1) is 6.30. The van der Waals surface area contributed by atoms with Crippen molar-refractivity contribution in [2.45, 2.75) is 13.8 Å². The summed E-state index contributed by atoms with van der Waals surface area (Å²) in [5, 5.41) is 6.40. The summed E-state index contributed by atoms with van der Waals surface area (Å²) in [7, 11) is 0. The Labute approximate surface area is 77.4 Å². The van der Waals surface area contributed by atoms with Crippen LogP contribution in [0.15, 0.2) is 41.2 Å². The molecule has 3 heteroatoms. The van der Waals surface area contributed by atoms with Gasteiger partial charge >= 0.3 is 0 Å². The van der Waals surface area contributed by atoms with Crippen LogP contribution in [0.25, 0.3) is 0 Å². The van der Waals surface area contributed by atoms with E-state index in [-0.39, 0.29) is 0 Å². The molecule has 0 fully saturated rings. The molecule has 0 bridgehead atoms. The van der Waals surface area contributed by atoms with Crippen LogP contribution >= 0.6 is 0 Å². The second-order valence-corrected chi connectivity index (χ2v) is 2.67. The molecule has 2 aromatic rings. The molecule has 0 amide bonds. The van der Waals surface area contributed by atoms with Crippen molar-refractivity contribution in [3.05, 3.63) is 47.9 Å². The van der Waals surface area contributed by atoms with E-state index in [1.54, 1.807) is 0 Å². The van der Waals surface area contributed by atoms with Crippen molar-refractivity contribution in [3.63, 3.8) is 0 Å². The van der Waals surface area contributed by atoms with Crippen LogP contribution < -0.4 is 0 Å². The lowest BCUT2D eigenvalue weighted by Gasteiger charge is -1.93. The second kappa shape index (κ2) is 5.09. The molecule has 1 aromatic heterocycles. The van der Waals surface area contributed by atoms with Crippen LogP contribution in [-0.4, -0.2) is 10.4 Å². The number of hydrogen-bond donors (Lipinski definition) is 0. The zero-order valence-corrected chi connectivity index (χ0v) is 7.77. The van der Waals surface area contributed by atoms with E-state index in [1.807, 2.05) is 0 Å². The van der Waals surface area contributed by atoms with Crippen molar-refractivity contribution >= 4 is 0 Å². The van der Waals surface area contributed by atoms with Crippen molar-refractivity contribution in [1.82, 2.24) is 10.4 Å². The maximum absolute atomic E-state index is 4.22. The maximum Gasteiger partial charge on any atom is 0.144 e. The van der Waals surface area contributed by atoms with Gasteiger partial charge in [-0.25, -0.2) is 0 Å². The third-order valence-electron chi connectivity index (χ3n) is 1.71. The van der Waals surface area contributed by atoms with E-state index in [1.165, 1.54) is 23.6 Å². The van der Waals surface area contributed by atoms with E-state index in [4.69, 9.17) is 0 Å². The molecule has 0 aliphatic rings. The van der Waals surface area contributed by atoms with Crippen molar-refractivity contribution < 1.29 is 4.52 Å². The summed E-state index contributed by atoms with van der Waals surface area (Å²) in [6.45, 7) is 4.24. The number of benzene rings is 1. The van der Waals surface area contributed by atoms with E-state index in [0.717, 1.165) is 0 Å². The lowest BCUT2D eigenvalue weighted by atomic mass is 10.1. The number of rotatable bonds is 0. The predicted octanol–water partition coefficient (Wildman–Crippen LogP) is 2.37. The average molecular weight is 176 g/mol. The van der Waals surface area contributed by atoms with Gasteiger partial charge in [0.15, 0.2) is 0 Å². The summed E-state index contributed by atoms with van der Waals surface area (Å²) >= 11 is 0. The standard InChI is InChI=1S/C8H10.C2H2N2O/c1-7-5-3-4-6-8(7)2;1-2-5-4-3-1/h3-6H,1-2H3;1-2H. The zero-order chi connectivity index (χ0) is 9.52. The third kappa shape index (κ3) is 3.51. The van der Waals surface area contributed by atoms with Gasteiger partial charge < -0.3 is 4.52 Å². The van der Waals surface area contributed by atoms with Crippen LogP contribution in [0.1, 0.15) is 11.1 Å². The first-order valence-electron chi connectivity index (χ1n) is 4.04. The predicted molar refractivity (Wildman–Crippen MR) is 50.2 cm³/mol. The molecule has 0 atom stereocenters. The highest BCUT2D eigenvalue weighted by molar-refractivity contribution is 5.23. The van der Waals surface area contributed by atoms with Gasteiger partial charge in [-0.1, -0.05) is 24.3 Å². The number of aromatic nitrogens is 2. The van der Waals surface area contributed by atoms with Gasteiger partial charge in [0, 0.05) is 5.27 Å². The fourth-order valence-electron chi connectivity index (χ4n) is 0.799. The minimum Gasteiger partial charge on any atom is -0.346 e. The fraction of sp³-hybridized carbons (Fsp3) is 0.200. The van der Waals surface area contributed by atoms with Crippen molar-refractivity contribution in [2.24, 2.45) is 0 Å². The average Bonchev–Trinajstić information content (AvgIpc) is 2.68. The highest BCUT2D eigenvalue weighted by atomic mass is 16.5. The Hall–Kier alpha value is -1.64. The Balaban J connectivity index is 0.000000145. The summed E-state index contributed by atoms with van der Waals surface area (Å²) in [6, 6.07) is 8.36. The molecule has 0 unspecified atom stereocenters. The molecule has 0 N–H and O–H groups in total. The summed E-state index contributed by atoms with van der Waals surface area (Å²) in [5.41, 5.74) is 2.74. The molecule has 1 heterocycles. The molecule has 0 spiro atoms. The van der Waals surface area contributed by atoms with Gasteiger partial charge in [-0.3, -0.25) is 0 Å². The monoisotopic (exact) mass is 176 g/mol. The minimum absolute atomic E-state index is 1.37. The maximum atomic E-state index is 4.22. The van der Waals surface area contributed by atoms with Gasteiger partial charge in [-0.15, -0.1) is 5.10 Å². The van der Waals surface area contributed by atoms with Crippen molar-refractivity contribution in [3.8, 4) is 0 Å². The van der Waals surface area contributed by atoms with Gasteiger partial charge in [-0.05, 0) is 25.0 Å². The smallest absolute Gasteiger partial charge is 0.144 e. The van der Waals surface area contributed by atoms with E-state index >= 15 is 0 Å². The second-order valence-electron chi connectivity index (χ2n) is 2.67. The molecule has 0 aliphatic carbocycles. The third-order valence-corrected chi connectivity index (χ3v) is 1.71. The zero-order valence-electron chi connectivity index (χ0n) is 7.77. The van der Waals surface area contributed by atoms with Crippen LogP contribution in [-0.2, 0) is 0 Å². The van der Waals surface area contributed by atoms with Gasteiger partial charge in [0.05, 0.1) is 6.20 Å². The van der Waals surface area contributed by atoms with E-state index in [0.29, 0.717) is 0 Å². The Bertz CT molecular complexity index is 292. The molecule has 0 aliphatic heterocycles. The van der Waals surface area contributed by atoms with Crippen molar-refractivity contribution in [1.29, 1.82) is 0 Å². The topological polar surface area (TPSA) is 38.9 Å². The van der Waals surface area contributed by atoms with Gasteiger partial charge in [0.2, 0.25) is 0 Å². The first kappa shape index (κ1) is 9.45. The quantitative estimate of drug-likeness (QED) is 0.618. The van der Waals surface area contributed by atoms with Crippen molar-refractivity contribution in [2.75, 3.05) is 0 Å². The number of hydrogen-bond acceptors (Lipinski definition) is 3. The minimum atomic E-state index is 1.37. The Kier molecular flexibility index (Phi) is 3.70. The molecular weight excluding hydrogens is 164 g/mol. The highest BCUT2D eigenvalue weighted by Crippen LogP contribution is 2.02. The van der Waals surface area contributed by atoms with Gasteiger partial charge in [-0.2, -0.15) is 0 Å². The molecular formula is C10H12N2O. The summed E-state index contributed by atoms with van der Waals surface area (Å²) in [6.07, 6.45) is 2.88. The SMILES string of the molecule is Cc1ccccc1C.c1conn1. The van der Waals surface area contributed by atoms with Crippen LogP contribution in [0.4, 0.5) is 0 Å². The first-order valence-corrected chi connectivity index (χ1v) is 4.04. The van der Waals surface area contributed by atoms with Crippen LogP contribution in [0.2, 0.25) is 0 Å². The van der Waals surface area contributed by atoms with E-state index in [2.05, 4.69) is 53.0 Å². The largest absolute Gasteiger partial charge is 0.346 e. The molecule has 68 valence electrons. The Morgan fingerprint density at radius 3 is 1.92 bits per heavy atom. The summed E-state index contributed by atoms with van der Waals surface area (Å²) in [5.74, 6) is 0. The molecule has 0 saturated carbocycles. The Morgan fingerprint density at radius 2 is 1.69 bits per heavy atom. The van der Waals surface area contributed by atoms with Crippen LogP contribution in [0.5, 0.6) is 0 Å². The summed E-state index contributed by atoms with van der Waals surface area (Å²) in [4.78, 5) is 0. The van der Waals surface area contributed by atoms with Gasteiger partial charge in [0.25, 0.3) is 0 Å².